The highest BCUT2D eigenvalue weighted by Gasteiger charge is 2.37. The monoisotopic (exact) mass is 406 g/mol. The molecule has 2 aromatic heterocycles. The highest BCUT2D eigenvalue weighted by molar-refractivity contribution is 5.79. The molecule has 2 atom stereocenters. The minimum absolute atomic E-state index is 0.0480. The lowest BCUT2D eigenvalue weighted by Crippen LogP contribution is -2.42. The van der Waals surface area contributed by atoms with Crippen LogP contribution in [-0.2, 0) is 17.4 Å². The van der Waals surface area contributed by atoms with E-state index in [4.69, 9.17) is 0 Å². The quantitative estimate of drug-likeness (QED) is 0.693. The molecular formula is C21H25F3N4O. The number of piperidine rings is 1. The van der Waals surface area contributed by atoms with E-state index in [1.54, 1.807) is 13.0 Å². The van der Waals surface area contributed by atoms with E-state index in [1.807, 2.05) is 11.0 Å². The molecule has 1 fully saturated rings. The van der Waals surface area contributed by atoms with Gasteiger partial charge in [-0.2, -0.15) is 18.3 Å². The minimum atomic E-state index is -4.52. The van der Waals surface area contributed by atoms with Crippen molar-refractivity contribution in [2.45, 2.75) is 64.1 Å². The lowest BCUT2D eigenvalue weighted by Gasteiger charge is -2.37. The Bertz CT molecular complexity index is 934. The van der Waals surface area contributed by atoms with Gasteiger partial charge in [0.2, 0.25) is 5.91 Å². The number of nitrogens with zero attached hydrogens (tertiary/aromatic N) is 4. The Morgan fingerprint density at radius 2 is 2.03 bits per heavy atom. The highest BCUT2D eigenvalue weighted by atomic mass is 19.4. The summed E-state index contributed by atoms with van der Waals surface area (Å²) in [5.41, 5.74) is 0.236. The second-order valence-corrected chi connectivity index (χ2v) is 7.85. The number of carbonyl (C=O) groups excluding carboxylic acids is 1. The van der Waals surface area contributed by atoms with Crippen molar-refractivity contribution in [2.75, 3.05) is 6.54 Å². The van der Waals surface area contributed by atoms with E-state index in [0.29, 0.717) is 30.8 Å². The van der Waals surface area contributed by atoms with E-state index in [2.05, 4.69) is 16.2 Å². The van der Waals surface area contributed by atoms with E-state index < -0.39 is 11.9 Å². The summed E-state index contributed by atoms with van der Waals surface area (Å²) in [6.45, 7) is 2.40. The normalized spacial score (nSPS) is 23.0. The standard InChI is InChI=1S/C21H25F3N4O/c1-2-15-12-18(21(22,23)24)28-19(25-15)13-16(26-28)17-10-6-7-11-27(17)20(29)14-8-4-3-5-9-14/h3-4,12-14,17H,2,5-11H2,1H3/t14-,17+/m1/s1. The van der Waals surface area contributed by atoms with Gasteiger partial charge in [-0.3, -0.25) is 4.79 Å². The van der Waals surface area contributed by atoms with E-state index in [1.165, 1.54) is 0 Å². The Balaban J connectivity index is 1.72. The fourth-order valence-corrected chi connectivity index (χ4v) is 4.35. The summed E-state index contributed by atoms with van der Waals surface area (Å²) >= 11 is 0. The van der Waals surface area contributed by atoms with Crippen LogP contribution in [0.3, 0.4) is 0 Å². The van der Waals surface area contributed by atoms with E-state index in [0.717, 1.165) is 42.7 Å². The average molecular weight is 406 g/mol. The third-order valence-electron chi connectivity index (χ3n) is 5.90. The molecule has 1 aliphatic heterocycles. The van der Waals surface area contributed by atoms with Gasteiger partial charge in [0, 0.05) is 24.2 Å². The Morgan fingerprint density at radius 1 is 1.21 bits per heavy atom. The molecule has 0 bridgehead atoms. The summed E-state index contributed by atoms with van der Waals surface area (Å²) in [4.78, 5) is 19.3. The van der Waals surface area contributed by atoms with Gasteiger partial charge in [0.05, 0.1) is 11.7 Å². The number of hydrogen-bond donors (Lipinski definition) is 0. The first-order valence-corrected chi connectivity index (χ1v) is 10.3. The molecule has 1 aliphatic carbocycles. The van der Waals surface area contributed by atoms with E-state index in [9.17, 15) is 18.0 Å². The van der Waals surface area contributed by atoms with Crippen molar-refractivity contribution in [3.8, 4) is 0 Å². The molecule has 29 heavy (non-hydrogen) atoms. The third kappa shape index (κ3) is 3.89. The van der Waals surface area contributed by atoms with Crippen LogP contribution in [0.5, 0.6) is 0 Å². The Labute approximate surface area is 167 Å². The van der Waals surface area contributed by atoms with Gasteiger partial charge in [-0.1, -0.05) is 19.1 Å². The van der Waals surface area contributed by atoms with Gasteiger partial charge in [0.1, 0.15) is 5.69 Å². The molecule has 3 heterocycles. The number of rotatable bonds is 3. The number of allylic oxidation sites excluding steroid dienone is 2. The lowest BCUT2D eigenvalue weighted by molar-refractivity contribution is -0.143. The van der Waals surface area contributed by atoms with Crippen LogP contribution in [0.1, 0.15) is 68.6 Å². The van der Waals surface area contributed by atoms with Crippen molar-refractivity contribution in [3.63, 3.8) is 0 Å². The molecule has 0 radical (unpaired) electrons. The number of aromatic nitrogens is 3. The molecule has 156 valence electrons. The molecule has 0 spiro atoms. The predicted molar refractivity (Wildman–Crippen MR) is 102 cm³/mol. The molecule has 1 saturated heterocycles. The summed E-state index contributed by atoms with van der Waals surface area (Å²) in [6.07, 6.45) is 5.00. The SMILES string of the molecule is CCc1cc(C(F)(F)F)n2nc([C@@H]3CCCCN3C(=O)[C@@H]3CC=CCC3)cc2n1. The molecule has 0 N–H and O–H groups in total. The number of aryl methyl sites for hydroxylation is 1. The maximum Gasteiger partial charge on any atom is 0.433 e. The van der Waals surface area contributed by atoms with Crippen LogP contribution in [0.2, 0.25) is 0 Å². The molecular weight excluding hydrogens is 381 g/mol. The molecule has 8 heteroatoms. The van der Waals surface area contributed by atoms with Crippen molar-refractivity contribution in [2.24, 2.45) is 5.92 Å². The van der Waals surface area contributed by atoms with Gasteiger partial charge >= 0.3 is 6.18 Å². The molecule has 2 aromatic rings. The van der Waals surface area contributed by atoms with Crippen LogP contribution >= 0.6 is 0 Å². The van der Waals surface area contributed by atoms with Gasteiger partial charge < -0.3 is 4.90 Å². The molecule has 5 nitrogen and oxygen atoms in total. The summed E-state index contributed by atoms with van der Waals surface area (Å²) in [6, 6.07) is 2.38. The topological polar surface area (TPSA) is 50.5 Å². The van der Waals surface area contributed by atoms with Crippen LogP contribution in [0.15, 0.2) is 24.3 Å². The second-order valence-electron chi connectivity index (χ2n) is 7.85. The van der Waals surface area contributed by atoms with Crippen molar-refractivity contribution in [3.05, 3.63) is 41.4 Å². The number of fused-ring (bicyclic) bond motifs is 1. The summed E-state index contributed by atoms with van der Waals surface area (Å²) in [5.74, 6) is 0.0440. The van der Waals surface area contributed by atoms with Crippen LogP contribution < -0.4 is 0 Å². The fraction of sp³-hybridized carbons (Fsp3) is 0.571. The van der Waals surface area contributed by atoms with Crippen molar-refractivity contribution in [1.29, 1.82) is 0 Å². The lowest BCUT2D eigenvalue weighted by atomic mass is 9.90. The Morgan fingerprint density at radius 3 is 2.72 bits per heavy atom. The zero-order valence-electron chi connectivity index (χ0n) is 16.5. The van der Waals surface area contributed by atoms with Gasteiger partial charge in [-0.25, -0.2) is 9.50 Å². The van der Waals surface area contributed by atoms with E-state index >= 15 is 0 Å². The molecule has 0 aromatic carbocycles. The predicted octanol–water partition coefficient (Wildman–Crippen LogP) is 4.72. The summed E-state index contributed by atoms with van der Waals surface area (Å²) in [5, 5.41) is 4.28. The third-order valence-corrected chi connectivity index (χ3v) is 5.90. The molecule has 4 rings (SSSR count). The zero-order valence-corrected chi connectivity index (χ0v) is 16.5. The molecule has 0 saturated carbocycles. The Kier molecular flexibility index (Phi) is 5.36. The zero-order chi connectivity index (χ0) is 20.6. The van der Waals surface area contributed by atoms with Crippen molar-refractivity contribution >= 4 is 11.6 Å². The van der Waals surface area contributed by atoms with Gasteiger partial charge in [0.15, 0.2) is 5.65 Å². The number of alkyl halides is 3. The average Bonchev–Trinajstić information content (AvgIpc) is 3.16. The van der Waals surface area contributed by atoms with Gasteiger partial charge in [0.25, 0.3) is 0 Å². The van der Waals surface area contributed by atoms with Crippen LogP contribution in [0.25, 0.3) is 5.65 Å². The number of likely N-dealkylation sites (tertiary alicyclic amines) is 1. The van der Waals surface area contributed by atoms with Crippen molar-refractivity contribution in [1.82, 2.24) is 19.5 Å². The van der Waals surface area contributed by atoms with Crippen LogP contribution in [0.4, 0.5) is 13.2 Å². The largest absolute Gasteiger partial charge is 0.433 e. The molecule has 2 aliphatic rings. The number of amides is 1. The first-order chi connectivity index (χ1) is 13.9. The van der Waals surface area contributed by atoms with Crippen LogP contribution in [-0.4, -0.2) is 31.9 Å². The maximum atomic E-state index is 13.6. The van der Waals surface area contributed by atoms with Gasteiger partial charge in [-0.15, -0.1) is 0 Å². The number of hydrogen-bond acceptors (Lipinski definition) is 3. The number of carbonyl (C=O) groups is 1. The second kappa shape index (κ2) is 7.80. The first kappa shape index (κ1) is 19.9. The molecule has 0 unspecified atom stereocenters. The Hall–Kier alpha value is -2.38. The minimum Gasteiger partial charge on any atom is -0.334 e. The fourth-order valence-electron chi connectivity index (χ4n) is 4.35. The number of halogens is 3. The summed E-state index contributed by atoms with van der Waals surface area (Å²) in [7, 11) is 0. The smallest absolute Gasteiger partial charge is 0.334 e. The van der Waals surface area contributed by atoms with Crippen molar-refractivity contribution < 1.29 is 18.0 Å². The summed E-state index contributed by atoms with van der Waals surface area (Å²) < 4.78 is 41.6. The molecule has 1 amide bonds. The van der Waals surface area contributed by atoms with E-state index in [-0.39, 0.29) is 23.5 Å². The highest BCUT2D eigenvalue weighted by Crippen LogP contribution is 2.35. The maximum absolute atomic E-state index is 13.6. The van der Waals surface area contributed by atoms with Crippen LogP contribution in [0, 0.1) is 5.92 Å². The van der Waals surface area contributed by atoms with Gasteiger partial charge in [-0.05, 0) is 51.0 Å². The first-order valence-electron chi connectivity index (χ1n) is 10.3.